The Kier molecular flexibility index (Phi) is 4.44. The van der Waals surface area contributed by atoms with Gasteiger partial charge in [0.1, 0.15) is 17.3 Å². The van der Waals surface area contributed by atoms with Crippen molar-refractivity contribution in [3.05, 3.63) is 22.0 Å². The number of rotatable bonds is 1. The molecular formula is C15H19ClFN5O3. The summed E-state index contributed by atoms with van der Waals surface area (Å²) >= 11 is 5.79. The topological polar surface area (TPSA) is 93.1 Å². The summed E-state index contributed by atoms with van der Waals surface area (Å²) in [5, 5.41) is -0.0261. The predicted molar refractivity (Wildman–Crippen MR) is 89.5 cm³/mol. The summed E-state index contributed by atoms with van der Waals surface area (Å²) in [5.41, 5.74) is -0.495. The van der Waals surface area contributed by atoms with Gasteiger partial charge in [-0.15, -0.1) is 0 Å². The molecule has 1 aliphatic heterocycles. The van der Waals surface area contributed by atoms with E-state index < -0.39 is 29.6 Å². The van der Waals surface area contributed by atoms with Crippen molar-refractivity contribution in [2.45, 2.75) is 45.0 Å². The first kappa shape index (κ1) is 17.7. The highest BCUT2D eigenvalue weighted by Gasteiger charge is 2.36. The average molecular weight is 372 g/mol. The van der Waals surface area contributed by atoms with Crippen LogP contribution in [0.3, 0.4) is 0 Å². The van der Waals surface area contributed by atoms with Crippen LogP contribution in [0.1, 0.15) is 33.2 Å². The third-order valence-corrected chi connectivity index (χ3v) is 4.10. The number of carbonyl (C=O) groups excluding carboxylic acids is 1. The Morgan fingerprint density at radius 2 is 2.20 bits per heavy atom. The molecule has 0 aromatic carbocycles. The highest BCUT2D eigenvalue weighted by atomic mass is 35.5. The maximum Gasteiger partial charge on any atom is 0.410 e. The SMILES string of the molecule is CC(C)(C)OC(=O)N1CC[C@@H](n2c(=O)[nH]c3cnc(Cl)nc32)[C@@H](F)C1. The number of nitrogens with one attached hydrogen (secondary N) is 1. The molecule has 3 heterocycles. The van der Waals surface area contributed by atoms with E-state index in [-0.39, 0.29) is 30.4 Å². The van der Waals surface area contributed by atoms with Crippen LogP contribution in [0.4, 0.5) is 9.18 Å². The van der Waals surface area contributed by atoms with E-state index in [2.05, 4.69) is 15.0 Å². The van der Waals surface area contributed by atoms with Gasteiger partial charge in [0.25, 0.3) is 0 Å². The number of amides is 1. The summed E-state index contributed by atoms with van der Waals surface area (Å²) in [4.78, 5) is 36.1. The third-order valence-electron chi connectivity index (χ3n) is 3.92. The number of nitrogens with zero attached hydrogens (tertiary/aromatic N) is 4. The lowest BCUT2D eigenvalue weighted by Gasteiger charge is -2.35. The number of aromatic amines is 1. The van der Waals surface area contributed by atoms with Crippen molar-refractivity contribution < 1.29 is 13.9 Å². The van der Waals surface area contributed by atoms with Crippen molar-refractivity contribution in [3.8, 4) is 0 Å². The maximum atomic E-state index is 14.8. The second kappa shape index (κ2) is 6.29. The summed E-state index contributed by atoms with van der Waals surface area (Å²) in [6.45, 7) is 5.37. The lowest BCUT2D eigenvalue weighted by atomic mass is 10.0. The smallest absolute Gasteiger partial charge is 0.410 e. The number of likely N-dealkylation sites (tertiary alicyclic amines) is 1. The summed E-state index contributed by atoms with van der Waals surface area (Å²) in [5.74, 6) is 0. The molecule has 10 heteroatoms. The van der Waals surface area contributed by atoms with Gasteiger partial charge in [-0.2, -0.15) is 4.98 Å². The van der Waals surface area contributed by atoms with Gasteiger partial charge in [0, 0.05) is 6.54 Å². The first-order chi connectivity index (χ1) is 11.7. The molecule has 1 amide bonds. The van der Waals surface area contributed by atoms with Crippen molar-refractivity contribution in [1.82, 2.24) is 24.4 Å². The van der Waals surface area contributed by atoms with Crippen LogP contribution in [0.25, 0.3) is 11.2 Å². The van der Waals surface area contributed by atoms with E-state index >= 15 is 0 Å². The van der Waals surface area contributed by atoms with Crippen LogP contribution >= 0.6 is 11.6 Å². The zero-order valence-corrected chi connectivity index (χ0v) is 14.9. The Morgan fingerprint density at radius 1 is 1.48 bits per heavy atom. The number of H-pyrrole nitrogens is 1. The van der Waals surface area contributed by atoms with Gasteiger partial charge < -0.3 is 14.6 Å². The lowest BCUT2D eigenvalue weighted by Crippen LogP contribution is -2.48. The molecule has 0 spiro atoms. The van der Waals surface area contributed by atoms with Crippen LogP contribution in [0, 0.1) is 0 Å². The standard InChI is InChI=1S/C15H19ClFN5O3/c1-15(2,3)25-14(24)21-5-4-10(8(17)7-21)22-11-9(19-13(22)23)6-18-12(16)20-11/h6,8,10H,4-5,7H2,1-3H3,(H,19,23)/t8-,10+/m0/s1. The van der Waals surface area contributed by atoms with Gasteiger partial charge >= 0.3 is 11.8 Å². The van der Waals surface area contributed by atoms with Crippen LogP contribution in [-0.4, -0.2) is 55.4 Å². The second-order valence-corrected chi connectivity index (χ2v) is 7.31. The Labute approximate surface area is 147 Å². The monoisotopic (exact) mass is 371 g/mol. The van der Waals surface area contributed by atoms with Crippen LogP contribution in [0.2, 0.25) is 5.28 Å². The maximum absolute atomic E-state index is 14.8. The zero-order chi connectivity index (χ0) is 18.4. The molecule has 2 aromatic heterocycles. The molecule has 0 unspecified atom stereocenters. The minimum atomic E-state index is -1.44. The molecule has 1 fully saturated rings. The molecule has 1 N–H and O–H groups in total. The number of alkyl halides is 1. The minimum Gasteiger partial charge on any atom is -0.444 e. The number of aromatic nitrogens is 4. The summed E-state index contributed by atoms with van der Waals surface area (Å²) in [6, 6.07) is -0.745. The van der Waals surface area contributed by atoms with Gasteiger partial charge in [-0.3, -0.25) is 4.57 Å². The molecular weight excluding hydrogens is 353 g/mol. The van der Waals surface area contributed by atoms with Crippen LogP contribution in [0.5, 0.6) is 0 Å². The summed E-state index contributed by atoms with van der Waals surface area (Å²) in [6.07, 6.45) is -0.363. The number of imidazole rings is 1. The van der Waals surface area contributed by atoms with E-state index in [0.29, 0.717) is 5.52 Å². The summed E-state index contributed by atoms with van der Waals surface area (Å²) in [7, 11) is 0. The Bertz CT molecular complexity index is 859. The Balaban J connectivity index is 1.83. The van der Waals surface area contributed by atoms with Gasteiger partial charge in [0.15, 0.2) is 5.65 Å². The van der Waals surface area contributed by atoms with E-state index in [1.807, 2.05) is 0 Å². The number of hydrogen-bond acceptors (Lipinski definition) is 5. The largest absolute Gasteiger partial charge is 0.444 e. The molecule has 25 heavy (non-hydrogen) atoms. The quantitative estimate of drug-likeness (QED) is 0.776. The molecule has 0 radical (unpaired) electrons. The highest BCUT2D eigenvalue weighted by molar-refractivity contribution is 6.28. The number of halogens is 2. The molecule has 0 aliphatic carbocycles. The van der Waals surface area contributed by atoms with E-state index in [1.54, 1.807) is 20.8 Å². The van der Waals surface area contributed by atoms with Crippen LogP contribution < -0.4 is 5.69 Å². The second-order valence-electron chi connectivity index (χ2n) is 6.97. The van der Waals surface area contributed by atoms with Gasteiger partial charge in [0.2, 0.25) is 5.28 Å². The van der Waals surface area contributed by atoms with Gasteiger partial charge in [-0.05, 0) is 38.8 Å². The Morgan fingerprint density at radius 3 is 2.84 bits per heavy atom. The molecule has 8 nitrogen and oxygen atoms in total. The Hall–Kier alpha value is -2.16. The van der Waals surface area contributed by atoms with E-state index in [1.165, 1.54) is 15.7 Å². The van der Waals surface area contributed by atoms with Crippen molar-refractivity contribution in [3.63, 3.8) is 0 Å². The molecule has 2 aromatic rings. The van der Waals surface area contributed by atoms with E-state index in [0.717, 1.165) is 0 Å². The molecule has 3 rings (SSSR count). The van der Waals surface area contributed by atoms with E-state index in [9.17, 15) is 14.0 Å². The number of piperidine rings is 1. The van der Waals surface area contributed by atoms with Gasteiger partial charge in [-0.25, -0.2) is 19.0 Å². The van der Waals surface area contributed by atoms with Gasteiger partial charge in [-0.1, -0.05) is 0 Å². The number of carbonyl (C=O) groups is 1. The number of ether oxygens (including phenoxy) is 1. The van der Waals surface area contributed by atoms with Crippen LogP contribution in [0.15, 0.2) is 11.0 Å². The molecule has 1 aliphatic rings. The van der Waals surface area contributed by atoms with Crippen LogP contribution in [-0.2, 0) is 4.74 Å². The van der Waals surface area contributed by atoms with Crippen molar-refractivity contribution >= 4 is 28.9 Å². The molecule has 136 valence electrons. The minimum absolute atomic E-state index is 0.0261. The first-order valence-electron chi connectivity index (χ1n) is 7.90. The fraction of sp³-hybridized carbons (Fsp3) is 0.600. The fourth-order valence-electron chi connectivity index (χ4n) is 2.88. The van der Waals surface area contributed by atoms with Crippen molar-refractivity contribution in [1.29, 1.82) is 0 Å². The van der Waals surface area contributed by atoms with E-state index in [4.69, 9.17) is 16.3 Å². The zero-order valence-electron chi connectivity index (χ0n) is 14.1. The third kappa shape index (κ3) is 3.60. The lowest BCUT2D eigenvalue weighted by molar-refractivity contribution is 0.00680. The summed E-state index contributed by atoms with van der Waals surface area (Å²) < 4.78 is 21.3. The number of hydrogen-bond donors (Lipinski definition) is 1. The molecule has 0 saturated carbocycles. The van der Waals surface area contributed by atoms with Crippen molar-refractivity contribution in [2.24, 2.45) is 0 Å². The number of fused-ring (bicyclic) bond motifs is 1. The first-order valence-corrected chi connectivity index (χ1v) is 8.28. The fourth-order valence-corrected chi connectivity index (χ4v) is 3.01. The molecule has 0 bridgehead atoms. The molecule has 2 atom stereocenters. The predicted octanol–water partition coefficient (Wildman–Crippen LogP) is 2.29. The molecule has 1 saturated heterocycles. The highest BCUT2D eigenvalue weighted by Crippen LogP contribution is 2.28. The van der Waals surface area contributed by atoms with Gasteiger partial charge in [0.05, 0.1) is 18.8 Å². The van der Waals surface area contributed by atoms with Crippen molar-refractivity contribution in [2.75, 3.05) is 13.1 Å². The average Bonchev–Trinajstić information content (AvgIpc) is 2.81. The normalized spacial score (nSPS) is 21.6.